The van der Waals surface area contributed by atoms with Crippen LogP contribution in [0.4, 0.5) is 5.69 Å². The number of carbonyl (C=O) groups is 3. The molecule has 13 heteroatoms. The number of rotatable bonds is 11. The van der Waals surface area contributed by atoms with Crippen molar-refractivity contribution in [3.05, 3.63) is 131 Å². The first kappa shape index (κ1) is 48.8. The van der Waals surface area contributed by atoms with Gasteiger partial charge in [0.2, 0.25) is 5.91 Å². The fraction of sp³-hybridized carbons (Fsp3) is 0.364. The van der Waals surface area contributed by atoms with Crippen molar-refractivity contribution in [2.75, 3.05) is 11.4 Å². The number of amides is 2. The number of anilines is 1. The third kappa shape index (κ3) is 11.3. The Balaban J connectivity index is 0.000000240. The fourth-order valence-electron chi connectivity index (χ4n) is 9.53. The van der Waals surface area contributed by atoms with Gasteiger partial charge < -0.3 is 15.1 Å². The van der Waals surface area contributed by atoms with Gasteiger partial charge in [0, 0.05) is 24.3 Å². The van der Waals surface area contributed by atoms with Crippen molar-refractivity contribution >= 4 is 51.4 Å². The summed E-state index contributed by atoms with van der Waals surface area (Å²) in [6.07, 6.45) is 3.14. The summed E-state index contributed by atoms with van der Waals surface area (Å²) in [4.78, 5) is 41.1. The lowest BCUT2D eigenvalue weighted by atomic mass is 9.72. The average Bonchev–Trinajstić information content (AvgIpc) is 3.88. The molecule has 354 valence electrons. The number of phenolic OH excluding ortho intramolecular Hbond substituents is 2. The second kappa shape index (κ2) is 18.9. The first-order chi connectivity index (χ1) is 31.9. The molecule has 0 radical (unpaired) electrons. The predicted molar refractivity (Wildman–Crippen MR) is 269 cm³/mol. The molecule has 2 amide bonds. The molecule has 5 aromatic carbocycles. The van der Waals surface area contributed by atoms with Crippen molar-refractivity contribution in [2.45, 2.75) is 113 Å². The first-order valence-corrected chi connectivity index (χ1v) is 23.2. The monoisotopic (exact) mass is 916 g/mol. The Morgan fingerprint density at radius 3 is 1.60 bits per heavy atom. The topological polar surface area (TPSA) is 168 Å². The number of aromatic hydroxyl groups is 2. The van der Waals surface area contributed by atoms with E-state index in [2.05, 4.69) is 106 Å². The molecule has 8 rings (SSSR count). The Morgan fingerprint density at radius 2 is 1.12 bits per heavy atom. The number of hydrogen-bond donors (Lipinski definition) is 3. The molecular weight excluding hydrogens is 853 g/mol. The summed E-state index contributed by atoms with van der Waals surface area (Å²) < 4.78 is 0. The van der Waals surface area contributed by atoms with Gasteiger partial charge in [-0.3, -0.25) is 19.7 Å². The molecule has 1 aliphatic heterocycles. The second-order valence-electron chi connectivity index (χ2n) is 21.5. The Labute approximate surface area is 398 Å². The smallest absolute Gasteiger partial charge is 0.261 e. The molecule has 68 heavy (non-hydrogen) atoms. The molecule has 0 saturated carbocycles. The van der Waals surface area contributed by atoms with E-state index in [1.165, 1.54) is 21.2 Å². The summed E-state index contributed by atoms with van der Waals surface area (Å²) >= 11 is 0. The highest BCUT2D eigenvalue weighted by molar-refractivity contribution is 6.32. The standard InChI is InChI=1S/C35H39N5O4.C20H25N3O/c1-7-39(25-14-12-22(13-15-25)16-26-30(41)19-31(42)36-33(26)44)20-23-17-24(35(5,6)21-34(2,3)4)18-29(32(23)43)40-37-27-10-8-9-11-28(27)38-40;1-19(2,3)13-20(4,5)14-10-11-18(24)17(12-14)23-21-15-8-6-7-9-16(15)22-23/h8-18,43H,7,19-21H2,1-6H3,(H,36,42,44);6-12,24H,13H2,1-5H3/b26-16+;. The van der Waals surface area contributed by atoms with Gasteiger partial charge in [0.15, 0.2) is 5.78 Å². The number of hydrogen-bond acceptors (Lipinski definition) is 10. The van der Waals surface area contributed by atoms with Crippen LogP contribution in [0.15, 0.2) is 109 Å². The SMILES string of the molecule is CC(C)(C)CC(C)(C)c1ccc(O)c(-n2nc3ccccc3n2)c1.CCN(Cc1cc(C(C)(C)CC(C)(C)C)cc(-n2nc3ccccc3n2)c1O)c1ccc(/C=C2\C(=O)CC(=O)NC2=O)cc1. The number of ketones is 1. The zero-order valence-corrected chi connectivity index (χ0v) is 41.2. The van der Waals surface area contributed by atoms with Gasteiger partial charge in [0.1, 0.15) is 44.9 Å². The molecule has 0 bridgehead atoms. The zero-order chi connectivity index (χ0) is 49.3. The summed E-state index contributed by atoms with van der Waals surface area (Å²) in [6.45, 7) is 25.5. The minimum Gasteiger partial charge on any atom is -0.506 e. The number of nitrogens with zero attached hydrogens (tertiary/aromatic N) is 7. The summed E-state index contributed by atoms with van der Waals surface area (Å²) in [5, 5.41) is 42.5. The van der Waals surface area contributed by atoms with Crippen LogP contribution in [0.1, 0.15) is 118 Å². The summed E-state index contributed by atoms with van der Waals surface area (Å²) in [7, 11) is 0. The van der Waals surface area contributed by atoms with Crippen LogP contribution in [0.5, 0.6) is 11.5 Å². The lowest BCUT2D eigenvalue weighted by Crippen LogP contribution is -2.40. The summed E-state index contributed by atoms with van der Waals surface area (Å²) in [5.74, 6) is -1.44. The normalized spacial score (nSPS) is 14.3. The largest absolute Gasteiger partial charge is 0.506 e. The van der Waals surface area contributed by atoms with Gasteiger partial charge in [0.05, 0.1) is 12.0 Å². The second-order valence-corrected chi connectivity index (χ2v) is 21.5. The van der Waals surface area contributed by atoms with Gasteiger partial charge in [-0.05, 0) is 125 Å². The number of benzene rings is 5. The number of imide groups is 1. The van der Waals surface area contributed by atoms with E-state index in [0.717, 1.165) is 51.7 Å². The highest BCUT2D eigenvalue weighted by atomic mass is 16.3. The van der Waals surface area contributed by atoms with E-state index in [1.54, 1.807) is 6.07 Å². The van der Waals surface area contributed by atoms with E-state index in [1.807, 2.05) is 97.9 Å². The van der Waals surface area contributed by atoms with E-state index >= 15 is 0 Å². The number of piperidine rings is 1. The van der Waals surface area contributed by atoms with Crippen LogP contribution in [0.25, 0.3) is 39.5 Å². The molecular formula is C55H64N8O5. The van der Waals surface area contributed by atoms with E-state index < -0.39 is 17.6 Å². The maximum absolute atomic E-state index is 12.2. The molecule has 1 aliphatic rings. The van der Waals surface area contributed by atoms with E-state index in [-0.39, 0.29) is 45.2 Å². The third-order valence-electron chi connectivity index (χ3n) is 12.1. The molecule has 0 spiro atoms. The van der Waals surface area contributed by atoms with E-state index in [0.29, 0.717) is 30.0 Å². The fourth-order valence-corrected chi connectivity index (χ4v) is 9.53. The van der Waals surface area contributed by atoms with Gasteiger partial charge in [-0.1, -0.05) is 112 Å². The number of nitrogens with one attached hydrogen (secondary N) is 1. The predicted octanol–water partition coefficient (Wildman–Crippen LogP) is 10.7. The molecule has 0 aliphatic carbocycles. The maximum Gasteiger partial charge on any atom is 0.261 e. The van der Waals surface area contributed by atoms with Gasteiger partial charge in [-0.15, -0.1) is 30.0 Å². The third-order valence-corrected chi connectivity index (χ3v) is 12.1. The Bertz CT molecular complexity index is 2950. The van der Waals surface area contributed by atoms with Gasteiger partial charge in [-0.2, -0.15) is 0 Å². The van der Waals surface area contributed by atoms with E-state index in [4.69, 9.17) is 0 Å². The Kier molecular flexibility index (Phi) is 13.5. The van der Waals surface area contributed by atoms with Crippen molar-refractivity contribution in [3.8, 4) is 22.9 Å². The lowest BCUT2D eigenvalue weighted by molar-refractivity contribution is -0.134. The zero-order valence-electron chi connectivity index (χ0n) is 41.2. The Hall–Kier alpha value is -7.15. The van der Waals surface area contributed by atoms with Crippen LogP contribution in [-0.2, 0) is 31.8 Å². The van der Waals surface area contributed by atoms with Crippen LogP contribution in [0.3, 0.4) is 0 Å². The summed E-state index contributed by atoms with van der Waals surface area (Å²) in [5.41, 5.74) is 8.95. The maximum atomic E-state index is 12.2. The van der Waals surface area contributed by atoms with Crippen LogP contribution in [-0.4, -0.2) is 64.3 Å². The summed E-state index contributed by atoms with van der Waals surface area (Å²) in [6, 6.07) is 32.7. The number of aromatic nitrogens is 6. The molecule has 1 fully saturated rings. The molecule has 2 aromatic heterocycles. The van der Waals surface area contributed by atoms with Crippen molar-refractivity contribution in [3.63, 3.8) is 0 Å². The van der Waals surface area contributed by atoms with Gasteiger partial charge in [-0.25, -0.2) is 0 Å². The average molecular weight is 917 g/mol. The van der Waals surface area contributed by atoms with Crippen molar-refractivity contribution < 1.29 is 24.6 Å². The number of Topliss-reactive ketones (excluding diaryl/α,β-unsaturated/α-hetero) is 1. The number of carbonyl (C=O) groups excluding carboxylic acids is 3. The van der Waals surface area contributed by atoms with Crippen LogP contribution < -0.4 is 10.2 Å². The highest BCUT2D eigenvalue weighted by Crippen LogP contribution is 2.41. The highest BCUT2D eigenvalue weighted by Gasteiger charge is 2.31. The Morgan fingerprint density at radius 1 is 0.632 bits per heavy atom. The molecule has 0 unspecified atom stereocenters. The quantitative estimate of drug-likeness (QED) is 0.0491. The number of fused-ring (bicyclic) bond motifs is 2. The minimum absolute atomic E-state index is 0.00667. The number of phenols is 2. The molecule has 7 aromatic rings. The molecule has 1 saturated heterocycles. The molecule has 13 nitrogen and oxygen atoms in total. The van der Waals surface area contributed by atoms with Crippen LogP contribution >= 0.6 is 0 Å². The first-order valence-electron chi connectivity index (χ1n) is 23.2. The molecule has 3 heterocycles. The van der Waals surface area contributed by atoms with Gasteiger partial charge in [0.25, 0.3) is 5.91 Å². The van der Waals surface area contributed by atoms with Gasteiger partial charge >= 0.3 is 0 Å². The van der Waals surface area contributed by atoms with Crippen molar-refractivity contribution in [2.24, 2.45) is 10.8 Å². The lowest BCUT2D eigenvalue weighted by Gasteiger charge is -2.34. The van der Waals surface area contributed by atoms with Crippen LogP contribution in [0.2, 0.25) is 0 Å². The molecule has 3 N–H and O–H groups in total. The minimum atomic E-state index is -0.675. The van der Waals surface area contributed by atoms with Crippen molar-refractivity contribution in [1.29, 1.82) is 0 Å². The van der Waals surface area contributed by atoms with E-state index in [9.17, 15) is 24.6 Å². The van der Waals surface area contributed by atoms with Crippen molar-refractivity contribution in [1.82, 2.24) is 35.3 Å². The van der Waals surface area contributed by atoms with Crippen LogP contribution in [0, 0.1) is 10.8 Å². The molecule has 0 atom stereocenters.